The Balaban J connectivity index is 2.61. The molecule has 0 aromatic heterocycles. The molecule has 0 aliphatic carbocycles. The summed E-state index contributed by atoms with van der Waals surface area (Å²) >= 11 is 0. The molecule has 0 heterocycles. The Kier molecular flexibility index (Phi) is 6.18. The van der Waals surface area contributed by atoms with Crippen molar-refractivity contribution in [2.75, 3.05) is 6.54 Å². The van der Waals surface area contributed by atoms with Gasteiger partial charge in [-0.1, -0.05) is 37.3 Å². The molecule has 5 nitrogen and oxygen atoms in total. The molecule has 0 radical (unpaired) electrons. The third-order valence-corrected chi connectivity index (χ3v) is 3.24. The molecule has 0 saturated heterocycles. The Morgan fingerprint density at radius 1 is 1.15 bits per heavy atom. The number of carbonyl (C=O) groups excluding carboxylic acids is 2. The highest BCUT2D eigenvalue weighted by Gasteiger charge is 2.24. The van der Waals surface area contributed by atoms with Gasteiger partial charge in [-0.05, 0) is 19.4 Å². The number of benzene rings is 1. The van der Waals surface area contributed by atoms with Crippen LogP contribution in [0.2, 0.25) is 0 Å². The van der Waals surface area contributed by atoms with E-state index in [2.05, 4.69) is 10.6 Å². The average molecular weight is 277 g/mol. The number of nitrogens with two attached hydrogens (primary N) is 1. The molecule has 0 bridgehead atoms. The van der Waals surface area contributed by atoms with E-state index >= 15 is 0 Å². The van der Waals surface area contributed by atoms with E-state index in [1.54, 1.807) is 13.8 Å². The van der Waals surface area contributed by atoms with E-state index < -0.39 is 18.0 Å². The number of nitrogens with one attached hydrogen (secondary N) is 2. The van der Waals surface area contributed by atoms with Gasteiger partial charge in [0, 0.05) is 12.6 Å². The van der Waals surface area contributed by atoms with E-state index in [0.717, 1.165) is 5.56 Å². The predicted molar refractivity (Wildman–Crippen MR) is 78.8 cm³/mol. The van der Waals surface area contributed by atoms with Crippen molar-refractivity contribution in [2.24, 2.45) is 11.7 Å². The Hall–Kier alpha value is -1.88. The third-order valence-electron chi connectivity index (χ3n) is 3.24. The van der Waals surface area contributed by atoms with Crippen LogP contribution in [0.25, 0.3) is 0 Å². The van der Waals surface area contributed by atoms with Crippen LogP contribution >= 0.6 is 0 Å². The van der Waals surface area contributed by atoms with E-state index in [-0.39, 0.29) is 11.8 Å². The summed E-state index contributed by atoms with van der Waals surface area (Å²) in [5, 5.41) is 5.35. The maximum atomic E-state index is 12.1. The summed E-state index contributed by atoms with van der Waals surface area (Å²) in [6, 6.07) is 8.50. The largest absolute Gasteiger partial charge is 0.355 e. The third kappa shape index (κ3) is 4.35. The second-order valence-electron chi connectivity index (χ2n) is 4.85. The first-order valence-electron chi connectivity index (χ1n) is 6.86. The maximum Gasteiger partial charge on any atom is 0.242 e. The van der Waals surface area contributed by atoms with Gasteiger partial charge in [0.25, 0.3) is 0 Å². The number of hydrogen-bond donors (Lipinski definition) is 3. The first-order chi connectivity index (χ1) is 9.47. The summed E-state index contributed by atoms with van der Waals surface area (Å²) in [6.07, 6.45) is 0. The molecule has 3 atom stereocenters. The molecular formula is C15H23N3O2. The summed E-state index contributed by atoms with van der Waals surface area (Å²) in [5.41, 5.74) is 6.99. The Morgan fingerprint density at radius 2 is 1.75 bits per heavy atom. The molecular weight excluding hydrogens is 254 g/mol. The lowest BCUT2D eigenvalue weighted by molar-refractivity contribution is -0.130. The van der Waals surface area contributed by atoms with Gasteiger partial charge in [0.05, 0.1) is 5.92 Å². The fraction of sp³-hybridized carbons (Fsp3) is 0.467. The molecule has 0 aliphatic heterocycles. The van der Waals surface area contributed by atoms with Crippen LogP contribution in [0.1, 0.15) is 32.4 Å². The average Bonchev–Trinajstić information content (AvgIpc) is 2.46. The molecule has 0 spiro atoms. The highest BCUT2D eigenvalue weighted by molar-refractivity contribution is 5.88. The van der Waals surface area contributed by atoms with Gasteiger partial charge in [0.15, 0.2) is 0 Å². The van der Waals surface area contributed by atoms with Crippen LogP contribution in [0, 0.1) is 5.92 Å². The van der Waals surface area contributed by atoms with Crippen LogP contribution in [0.4, 0.5) is 0 Å². The zero-order valence-corrected chi connectivity index (χ0v) is 12.2. The van der Waals surface area contributed by atoms with Crippen molar-refractivity contribution in [2.45, 2.75) is 32.9 Å². The summed E-state index contributed by atoms with van der Waals surface area (Å²) in [7, 11) is 0. The minimum absolute atomic E-state index is 0.193. The van der Waals surface area contributed by atoms with Crippen molar-refractivity contribution in [1.29, 1.82) is 0 Å². The first kappa shape index (κ1) is 16.2. The number of amides is 2. The van der Waals surface area contributed by atoms with Crippen molar-refractivity contribution in [3.05, 3.63) is 35.9 Å². The lowest BCUT2D eigenvalue weighted by Crippen LogP contribution is -2.47. The van der Waals surface area contributed by atoms with Crippen LogP contribution < -0.4 is 16.4 Å². The molecule has 1 rings (SSSR count). The van der Waals surface area contributed by atoms with E-state index in [1.807, 2.05) is 37.3 Å². The van der Waals surface area contributed by atoms with Gasteiger partial charge >= 0.3 is 0 Å². The van der Waals surface area contributed by atoms with E-state index in [0.29, 0.717) is 6.54 Å². The molecule has 5 heteroatoms. The quantitative estimate of drug-likeness (QED) is 0.724. The Bertz CT molecular complexity index is 448. The number of likely N-dealkylation sites (N-methyl/N-ethyl adjacent to an activating group) is 1. The molecule has 4 N–H and O–H groups in total. The molecule has 0 saturated carbocycles. The summed E-state index contributed by atoms with van der Waals surface area (Å²) in [5.74, 6) is -0.823. The molecule has 20 heavy (non-hydrogen) atoms. The van der Waals surface area contributed by atoms with E-state index in [9.17, 15) is 9.59 Å². The minimum Gasteiger partial charge on any atom is -0.355 e. The summed E-state index contributed by atoms with van der Waals surface area (Å²) in [4.78, 5) is 23.7. The van der Waals surface area contributed by atoms with Crippen LogP contribution in [-0.4, -0.2) is 24.4 Å². The van der Waals surface area contributed by atoms with Crippen LogP contribution in [-0.2, 0) is 9.59 Å². The first-order valence-corrected chi connectivity index (χ1v) is 6.86. The van der Waals surface area contributed by atoms with Crippen LogP contribution in [0.15, 0.2) is 30.3 Å². The van der Waals surface area contributed by atoms with Crippen LogP contribution in [0.5, 0.6) is 0 Å². The number of rotatable bonds is 6. The van der Waals surface area contributed by atoms with Crippen molar-refractivity contribution < 1.29 is 9.59 Å². The van der Waals surface area contributed by atoms with Gasteiger partial charge in [-0.3, -0.25) is 9.59 Å². The van der Waals surface area contributed by atoms with Gasteiger partial charge in [-0.2, -0.15) is 0 Å². The minimum atomic E-state index is -0.562. The topological polar surface area (TPSA) is 84.2 Å². The molecule has 110 valence electrons. The second kappa shape index (κ2) is 7.65. The van der Waals surface area contributed by atoms with Gasteiger partial charge in [-0.25, -0.2) is 0 Å². The van der Waals surface area contributed by atoms with Gasteiger partial charge in [-0.15, -0.1) is 0 Å². The van der Waals surface area contributed by atoms with E-state index in [4.69, 9.17) is 5.73 Å². The summed E-state index contributed by atoms with van der Waals surface area (Å²) < 4.78 is 0. The number of hydrogen-bond acceptors (Lipinski definition) is 3. The van der Waals surface area contributed by atoms with Crippen molar-refractivity contribution in [1.82, 2.24) is 10.6 Å². The monoisotopic (exact) mass is 277 g/mol. The maximum absolute atomic E-state index is 12.1. The molecule has 2 amide bonds. The lowest BCUT2D eigenvalue weighted by Gasteiger charge is -2.22. The normalized spacial score (nSPS) is 15.0. The zero-order valence-electron chi connectivity index (χ0n) is 12.2. The second-order valence-corrected chi connectivity index (χ2v) is 4.85. The summed E-state index contributed by atoms with van der Waals surface area (Å²) in [6.45, 7) is 5.79. The van der Waals surface area contributed by atoms with Crippen molar-refractivity contribution in [3.63, 3.8) is 0 Å². The van der Waals surface area contributed by atoms with E-state index in [1.165, 1.54) is 0 Å². The standard InChI is InChI=1S/C15H23N3O2/c1-4-17-15(20)11(3)18-14(19)10(2)13(16)12-8-6-5-7-9-12/h5-11,13H,4,16H2,1-3H3,(H,17,20)(H,18,19). The highest BCUT2D eigenvalue weighted by atomic mass is 16.2. The fourth-order valence-corrected chi connectivity index (χ4v) is 1.86. The SMILES string of the molecule is CCNC(=O)C(C)NC(=O)C(C)C(N)c1ccccc1. The molecule has 0 aliphatic rings. The molecule has 1 aromatic rings. The lowest BCUT2D eigenvalue weighted by atomic mass is 9.94. The molecule has 3 unspecified atom stereocenters. The highest BCUT2D eigenvalue weighted by Crippen LogP contribution is 2.19. The zero-order chi connectivity index (χ0) is 15.1. The molecule has 0 fully saturated rings. The van der Waals surface area contributed by atoms with Crippen molar-refractivity contribution in [3.8, 4) is 0 Å². The van der Waals surface area contributed by atoms with Crippen molar-refractivity contribution >= 4 is 11.8 Å². The Morgan fingerprint density at radius 3 is 2.30 bits per heavy atom. The number of carbonyl (C=O) groups is 2. The van der Waals surface area contributed by atoms with Gasteiger partial charge in [0.2, 0.25) is 11.8 Å². The van der Waals surface area contributed by atoms with Gasteiger partial charge < -0.3 is 16.4 Å². The fourth-order valence-electron chi connectivity index (χ4n) is 1.86. The van der Waals surface area contributed by atoms with Gasteiger partial charge in [0.1, 0.15) is 6.04 Å². The smallest absolute Gasteiger partial charge is 0.242 e. The molecule has 1 aromatic carbocycles. The predicted octanol–water partition coefficient (Wildman–Crippen LogP) is 0.963. The Labute approximate surface area is 119 Å². The van der Waals surface area contributed by atoms with Crippen LogP contribution in [0.3, 0.4) is 0 Å².